The molecule has 0 saturated heterocycles. The summed E-state index contributed by atoms with van der Waals surface area (Å²) in [6.45, 7) is 0. The van der Waals surface area contributed by atoms with Gasteiger partial charge in [0.1, 0.15) is 0 Å². The van der Waals surface area contributed by atoms with Crippen molar-refractivity contribution in [2.45, 2.75) is 9.79 Å². The molecule has 20 heavy (non-hydrogen) atoms. The summed E-state index contributed by atoms with van der Waals surface area (Å²) in [5, 5.41) is 1.69. The van der Waals surface area contributed by atoms with Crippen molar-refractivity contribution in [1.29, 1.82) is 0 Å². The van der Waals surface area contributed by atoms with Crippen LogP contribution in [0.25, 0.3) is 0 Å². The molecule has 4 N–H and O–H groups in total. The van der Waals surface area contributed by atoms with Crippen LogP contribution in [-0.2, 0) is 0 Å². The molecule has 2 aromatic rings. The van der Waals surface area contributed by atoms with Crippen molar-refractivity contribution >= 4 is 79.4 Å². The molecule has 0 fully saturated rings. The lowest BCUT2D eigenvalue weighted by molar-refractivity contribution is 1.46. The summed E-state index contributed by atoms with van der Waals surface area (Å²) in [7, 11) is 2.66. The summed E-state index contributed by atoms with van der Waals surface area (Å²) in [5.74, 6) is 0. The lowest BCUT2D eigenvalue weighted by Crippen LogP contribution is -1.90. The van der Waals surface area contributed by atoms with Gasteiger partial charge in [-0.2, -0.15) is 0 Å². The highest BCUT2D eigenvalue weighted by Gasteiger charge is 2.14. The molecule has 2 rings (SSSR count). The molecule has 0 bridgehead atoms. The van der Waals surface area contributed by atoms with Crippen LogP contribution in [0, 0.1) is 0 Å². The van der Waals surface area contributed by atoms with Crippen LogP contribution in [-0.4, -0.2) is 0 Å². The molecule has 0 spiro atoms. The molecule has 0 aliphatic heterocycles. The van der Waals surface area contributed by atoms with Crippen molar-refractivity contribution in [3.05, 3.63) is 44.4 Å². The molecule has 8 heteroatoms. The number of nitrogens with two attached hydrogens (primary N) is 2. The number of rotatable bonds is 3. The van der Waals surface area contributed by atoms with E-state index in [1.54, 1.807) is 24.3 Å². The number of halogens is 4. The van der Waals surface area contributed by atoms with Gasteiger partial charge < -0.3 is 11.5 Å². The van der Waals surface area contributed by atoms with Crippen LogP contribution in [0.15, 0.2) is 34.1 Å². The smallest absolute Gasteiger partial charge is 0.0757 e. The van der Waals surface area contributed by atoms with E-state index in [-0.39, 0.29) is 0 Å². The van der Waals surface area contributed by atoms with Crippen molar-refractivity contribution in [1.82, 2.24) is 0 Å². The van der Waals surface area contributed by atoms with Crippen molar-refractivity contribution in [3.63, 3.8) is 0 Å². The molecule has 0 aliphatic carbocycles. The van der Waals surface area contributed by atoms with Crippen LogP contribution in [0.2, 0.25) is 20.1 Å². The highest BCUT2D eigenvalue weighted by Crippen LogP contribution is 2.49. The van der Waals surface area contributed by atoms with E-state index in [0.717, 1.165) is 0 Å². The quantitative estimate of drug-likeness (QED) is 0.483. The number of hydrogen-bond donors (Lipinski definition) is 2. The minimum absolute atomic E-state index is 0.404. The van der Waals surface area contributed by atoms with Gasteiger partial charge in [0.05, 0.1) is 29.9 Å². The van der Waals surface area contributed by atoms with Crippen LogP contribution in [0.3, 0.4) is 0 Å². The zero-order valence-corrected chi connectivity index (χ0v) is 14.4. The lowest BCUT2D eigenvalue weighted by atomic mass is 10.3. The first-order valence-electron chi connectivity index (χ1n) is 5.23. The van der Waals surface area contributed by atoms with Crippen LogP contribution >= 0.6 is 68.0 Å². The van der Waals surface area contributed by atoms with Crippen molar-refractivity contribution in [2.24, 2.45) is 0 Å². The zero-order valence-electron chi connectivity index (χ0n) is 9.79. The molecule has 0 atom stereocenters. The fourth-order valence-corrected chi connectivity index (χ4v) is 5.06. The Morgan fingerprint density at radius 2 is 1.00 bits per heavy atom. The second-order valence-electron chi connectivity index (χ2n) is 3.73. The Bertz CT molecular complexity index is 607. The molecule has 0 amide bonds. The topological polar surface area (TPSA) is 52.0 Å². The Kier molecular flexibility index (Phi) is 5.51. The molecular formula is C12H8Cl4N2S2. The molecule has 0 saturated carbocycles. The van der Waals surface area contributed by atoms with Crippen molar-refractivity contribution in [2.75, 3.05) is 11.5 Å². The SMILES string of the molecule is Nc1ccc(Cl)c(Cl)c1SSc1c(N)ccc(Cl)c1Cl. The van der Waals surface area contributed by atoms with Gasteiger partial charge in [-0.05, 0) is 45.9 Å². The first-order valence-corrected chi connectivity index (χ1v) is 8.89. The summed E-state index contributed by atoms with van der Waals surface area (Å²) >= 11 is 24.2. The molecule has 0 aromatic heterocycles. The maximum Gasteiger partial charge on any atom is 0.0757 e. The maximum atomic E-state index is 6.14. The Balaban J connectivity index is 2.31. The minimum atomic E-state index is 0.404. The van der Waals surface area contributed by atoms with Gasteiger partial charge in [0.15, 0.2) is 0 Å². The van der Waals surface area contributed by atoms with Crippen LogP contribution in [0.4, 0.5) is 11.4 Å². The normalized spacial score (nSPS) is 10.8. The van der Waals surface area contributed by atoms with Crippen molar-refractivity contribution < 1.29 is 0 Å². The van der Waals surface area contributed by atoms with Gasteiger partial charge in [-0.1, -0.05) is 46.4 Å². The summed E-state index contributed by atoms with van der Waals surface area (Å²) < 4.78 is 0. The van der Waals surface area contributed by atoms with Gasteiger partial charge >= 0.3 is 0 Å². The summed E-state index contributed by atoms with van der Waals surface area (Å²) in [6, 6.07) is 6.68. The molecule has 0 aliphatic rings. The van der Waals surface area contributed by atoms with Gasteiger partial charge in [-0.3, -0.25) is 0 Å². The summed E-state index contributed by atoms with van der Waals surface area (Å²) in [5.41, 5.74) is 12.9. The average molecular weight is 386 g/mol. The predicted molar refractivity (Wildman–Crippen MR) is 93.5 cm³/mol. The standard InChI is InChI=1S/C12H8Cl4N2S2/c13-5-1-3-7(17)11(9(5)15)19-20-12-8(18)4-2-6(14)10(12)16/h1-4H,17-18H2. The molecule has 0 unspecified atom stereocenters. The summed E-state index contributed by atoms with van der Waals surface area (Å²) in [4.78, 5) is 1.33. The molecule has 0 heterocycles. The number of nitrogen functional groups attached to an aromatic ring is 2. The number of hydrogen-bond acceptors (Lipinski definition) is 4. The zero-order chi connectivity index (χ0) is 14.9. The van der Waals surface area contributed by atoms with Crippen molar-refractivity contribution in [3.8, 4) is 0 Å². The third-order valence-electron chi connectivity index (χ3n) is 2.37. The first kappa shape index (κ1) is 16.3. The third kappa shape index (κ3) is 3.38. The van der Waals surface area contributed by atoms with E-state index in [2.05, 4.69) is 0 Å². The number of anilines is 2. The van der Waals surface area contributed by atoms with E-state index in [9.17, 15) is 0 Å². The second kappa shape index (κ2) is 6.77. The highest BCUT2D eigenvalue weighted by atomic mass is 35.5. The molecule has 2 aromatic carbocycles. The van der Waals surface area contributed by atoms with Gasteiger partial charge in [-0.15, -0.1) is 0 Å². The second-order valence-corrected chi connectivity index (χ2v) is 7.45. The van der Waals surface area contributed by atoms with E-state index in [4.69, 9.17) is 57.9 Å². The number of benzene rings is 2. The van der Waals surface area contributed by atoms with Crippen LogP contribution < -0.4 is 11.5 Å². The van der Waals surface area contributed by atoms with E-state index in [1.165, 1.54) is 21.6 Å². The van der Waals surface area contributed by atoms with Crippen LogP contribution in [0.5, 0.6) is 0 Å². The van der Waals surface area contributed by atoms with E-state index < -0.39 is 0 Å². The third-order valence-corrected chi connectivity index (χ3v) is 6.75. The van der Waals surface area contributed by atoms with Crippen LogP contribution in [0.1, 0.15) is 0 Å². The molecule has 106 valence electrons. The average Bonchev–Trinajstić information content (AvgIpc) is 2.42. The predicted octanol–water partition coefficient (Wildman–Crippen LogP) is 6.26. The largest absolute Gasteiger partial charge is 0.398 e. The van der Waals surface area contributed by atoms with Gasteiger partial charge in [0.2, 0.25) is 0 Å². The maximum absolute atomic E-state index is 6.14. The monoisotopic (exact) mass is 384 g/mol. The van der Waals surface area contributed by atoms with E-state index >= 15 is 0 Å². The Labute approximate surface area is 144 Å². The molecule has 2 nitrogen and oxygen atoms in total. The van der Waals surface area contributed by atoms with E-state index in [1.807, 2.05) is 0 Å². The molecule has 0 radical (unpaired) electrons. The Hall–Kier alpha value is -0.100. The lowest BCUT2D eigenvalue weighted by Gasteiger charge is -2.11. The fraction of sp³-hybridized carbons (Fsp3) is 0. The van der Waals surface area contributed by atoms with E-state index in [0.29, 0.717) is 41.3 Å². The Morgan fingerprint density at radius 1 is 0.650 bits per heavy atom. The minimum Gasteiger partial charge on any atom is -0.398 e. The highest BCUT2D eigenvalue weighted by molar-refractivity contribution is 8.76. The Morgan fingerprint density at radius 3 is 1.35 bits per heavy atom. The van der Waals surface area contributed by atoms with Gasteiger partial charge in [0, 0.05) is 11.4 Å². The van der Waals surface area contributed by atoms with Gasteiger partial charge in [0.25, 0.3) is 0 Å². The molecular weight excluding hydrogens is 378 g/mol. The fourth-order valence-electron chi connectivity index (χ4n) is 1.35. The van der Waals surface area contributed by atoms with Gasteiger partial charge in [-0.25, -0.2) is 0 Å². The summed E-state index contributed by atoms with van der Waals surface area (Å²) in [6.07, 6.45) is 0. The first-order chi connectivity index (χ1) is 9.41.